The van der Waals surface area contributed by atoms with Gasteiger partial charge in [0.15, 0.2) is 5.78 Å². The van der Waals surface area contributed by atoms with Crippen molar-refractivity contribution in [2.75, 3.05) is 0 Å². The minimum Gasteiger partial charge on any atom is -0.295 e. The molecule has 0 saturated carbocycles. The van der Waals surface area contributed by atoms with E-state index in [1.807, 2.05) is 13.0 Å². The van der Waals surface area contributed by atoms with Crippen molar-refractivity contribution in [3.8, 4) is 0 Å². The highest BCUT2D eigenvalue weighted by Gasteiger charge is 2.16. The second-order valence-corrected chi connectivity index (χ2v) is 3.64. The molecule has 13 heavy (non-hydrogen) atoms. The Morgan fingerprint density at radius 1 is 1.38 bits per heavy atom. The van der Waals surface area contributed by atoms with Crippen LogP contribution >= 0.6 is 0 Å². The molecule has 0 N–H and O–H groups in total. The number of hydrogen-bond donors (Lipinski definition) is 0. The molecule has 0 aromatic heterocycles. The van der Waals surface area contributed by atoms with Gasteiger partial charge in [-0.25, -0.2) is 0 Å². The maximum atomic E-state index is 11.5. The van der Waals surface area contributed by atoms with Crippen LogP contribution in [-0.2, 0) is 4.79 Å². The molecular formula is C12H18O. The Bertz CT molecular complexity index is 246. The van der Waals surface area contributed by atoms with Crippen LogP contribution in [0.15, 0.2) is 23.3 Å². The van der Waals surface area contributed by atoms with Crippen LogP contribution in [0.25, 0.3) is 0 Å². The van der Waals surface area contributed by atoms with Crippen molar-refractivity contribution in [1.29, 1.82) is 0 Å². The number of carbonyl (C=O) groups excluding carboxylic acids is 1. The summed E-state index contributed by atoms with van der Waals surface area (Å²) in [5.41, 5.74) is 2.42. The van der Waals surface area contributed by atoms with E-state index in [1.54, 1.807) is 0 Å². The van der Waals surface area contributed by atoms with Crippen LogP contribution in [-0.4, -0.2) is 5.78 Å². The predicted octanol–water partition coefficient (Wildman–Crippen LogP) is 3.41. The molecule has 0 aliphatic heterocycles. The fourth-order valence-electron chi connectivity index (χ4n) is 1.80. The molecule has 1 aliphatic rings. The molecule has 0 atom stereocenters. The number of carbonyl (C=O) groups is 1. The van der Waals surface area contributed by atoms with Gasteiger partial charge in [-0.05, 0) is 45.1 Å². The highest BCUT2D eigenvalue weighted by molar-refractivity contribution is 5.96. The molecular weight excluding hydrogens is 160 g/mol. The van der Waals surface area contributed by atoms with Gasteiger partial charge in [-0.2, -0.15) is 0 Å². The zero-order valence-corrected chi connectivity index (χ0v) is 8.60. The van der Waals surface area contributed by atoms with E-state index in [2.05, 4.69) is 13.0 Å². The summed E-state index contributed by atoms with van der Waals surface area (Å²) in [7, 11) is 0. The standard InChI is InChI=1S/C12H18O/c1-3-4-5-8-11-10(2)7-6-9-12(11)13/h3-4H,5-9H2,1-2H3/b4-3+. The van der Waals surface area contributed by atoms with Crippen molar-refractivity contribution < 1.29 is 4.79 Å². The Balaban J connectivity index is 2.58. The molecule has 0 radical (unpaired) electrons. The highest BCUT2D eigenvalue weighted by atomic mass is 16.1. The lowest BCUT2D eigenvalue weighted by molar-refractivity contribution is -0.116. The monoisotopic (exact) mass is 178 g/mol. The number of allylic oxidation sites excluding steroid dienone is 4. The number of rotatable bonds is 3. The van der Waals surface area contributed by atoms with Gasteiger partial charge >= 0.3 is 0 Å². The number of ketones is 1. The fraction of sp³-hybridized carbons (Fsp3) is 0.583. The maximum absolute atomic E-state index is 11.5. The lowest BCUT2D eigenvalue weighted by atomic mass is 9.89. The van der Waals surface area contributed by atoms with Gasteiger partial charge in [0.05, 0.1) is 0 Å². The first-order valence-electron chi connectivity index (χ1n) is 5.08. The smallest absolute Gasteiger partial charge is 0.158 e. The van der Waals surface area contributed by atoms with E-state index in [4.69, 9.17) is 0 Å². The molecule has 0 heterocycles. The largest absolute Gasteiger partial charge is 0.295 e. The quantitative estimate of drug-likeness (QED) is 0.605. The first-order valence-corrected chi connectivity index (χ1v) is 5.08. The topological polar surface area (TPSA) is 17.1 Å². The van der Waals surface area contributed by atoms with Crippen molar-refractivity contribution in [3.63, 3.8) is 0 Å². The van der Waals surface area contributed by atoms with Crippen molar-refractivity contribution in [2.24, 2.45) is 0 Å². The molecule has 0 aromatic carbocycles. The van der Waals surface area contributed by atoms with Crippen molar-refractivity contribution in [1.82, 2.24) is 0 Å². The van der Waals surface area contributed by atoms with Gasteiger partial charge in [0.1, 0.15) is 0 Å². The Hall–Kier alpha value is -0.850. The van der Waals surface area contributed by atoms with E-state index in [1.165, 1.54) is 5.57 Å². The summed E-state index contributed by atoms with van der Waals surface area (Å²) in [6.07, 6.45) is 9.06. The third kappa shape index (κ3) is 2.83. The minimum absolute atomic E-state index is 0.383. The molecule has 0 unspecified atom stereocenters. The van der Waals surface area contributed by atoms with Gasteiger partial charge in [-0.3, -0.25) is 4.79 Å². The van der Waals surface area contributed by atoms with E-state index in [0.717, 1.165) is 37.7 Å². The summed E-state index contributed by atoms with van der Waals surface area (Å²) in [6.45, 7) is 4.12. The molecule has 0 amide bonds. The number of hydrogen-bond acceptors (Lipinski definition) is 1. The van der Waals surface area contributed by atoms with Crippen LogP contribution in [0.3, 0.4) is 0 Å². The van der Waals surface area contributed by atoms with Crippen LogP contribution in [0.4, 0.5) is 0 Å². The van der Waals surface area contributed by atoms with Crippen LogP contribution in [0.1, 0.15) is 46.0 Å². The SMILES string of the molecule is C/C=C/CCC1=C(C)CCCC1=O. The molecule has 1 nitrogen and oxygen atoms in total. The summed E-state index contributed by atoms with van der Waals surface area (Å²) in [4.78, 5) is 11.5. The van der Waals surface area contributed by atoms with Gasteiger partial charge in [0.2, 0.25) is 0 Å². The van der Waals surface area contributed by atoms with Gasteiger partial charge in [0.25, 0.3) is 0 Å². The fourth-order valence-corrected chi connectivity index (χ4v) is 1.80. The van der Waals surface area contributed by atoms with Crippen LogP contribution < -0.4 is 0 Å². The van der Waals surface area contributed by atoms with Gasteiger partial charge < -0.3 is 0 Å². The van der Waals surface area contributed by atoms with Crippen molar-refractivity contribution >= 4 is 5.78 Å². The summed E-state index contributed by atoms with van der Waals surface area (Å²) < 4.78 is 0. The molecule has 1 rings (SSSR count). The molecule has 0 saturated heterocycles. The zero-order chi connectivity index (χ0) is 9.68. The molecule has 0 fully saturated rings. The van der Waals surface area contributed by atoms with E-state index >= 15 is 0 Å². The van der Waals surface area contributed by atoms with Crippen molar-refractivity contribution in [2.45, 2.75) is 46.0 Å². The van der Waals surface area contributed by atoms with Gasteiger partial charge in [-0.15, -0.1) is 0 Å². The molecule has 0 bridgehead atoms. The molecule has 0 aromatic rings. The average Bonchev–Trinajstić information content (AvgIpc) is 2.10. The van der Waals surface area contributed by atoms with E-state index < -0.39 is 0 Å². The second kappa shape index (κ2) is 5.00. The first-order chi connectivity index (χ1) is 6.25. The molecule has 1 heteroatoms. The molecule has 1 aliphatic carbocycles. The Labute approximate surface area is 80.5 Å². The van der Waals surface area contributed by atoms with E-state index in [0.29, 0.717) is 5.78 Å². The first kappa shape index (κ1) is 10.2. The van der Waals surface area contributed by atoms with Crippen molar-refractivity contribution in [3.05, 3.63) is 23.3 Å². The summed E-state index contributed by atoms with van der Waals surface area (Å²) in [6, 6.07) is 0. The maximum Gasteiger partial charge on any atom is 0.158 e. The zero-order valence-electron chi connectivity index (χ0n) is 8.60. The normalized spacial score (nSPS) is 18.8. The van der Waals surface area contributed by atoms with E-state index in [9.17, 15) is 4.79 Å². The van der Waals surface area contributed by atoms with E-state index in [-0.39, 0.29) is 0 Å². The Kier molecular flexibility index (Phi) is 3.94. The summed E-state index contributed by atoms with van der Waals surface area (Å²) in [5, 5.41) is 0. The Morgan fingerprint density at radius 3 is 2.77 bits per heavy atom. The third-order valence-electron chi connectivity index (χ3n) is 2.60. The number of Topliss-reactive ketones (excluding diaryl/α,β-unsaturated/α-hetero) is 1. The van der Waals surface area contributed by atoms with Gasteiger partial charge in [-0.1, -0.05) is 17.7 Å². The van der Waals surface area contributed by atoms with Gasteiger partial charge in [0, 0.05) is 6.42 Å². The Morgan fingerprint density at radius 2 is 2.15 bits per heavy atom. The van der Waals surface area contributed by atoms with Crippen LogP contribution in [0.2, 0.25) is 0 Å². The summed E-state index contributed by atoms with van der Waals surface area (Å²) >= 11 is 0. The van der Waals surface area contributed by atoms with Crippen LogP contribution in [0, 0.1) is 0 Å². The second-order valence-electron chi connectivity index (χ2n) is 3.64. The molecule has 72 valence electrons. The molecule has 0 spiro atoms. The minimum atomic E-state index is 0.383. The average molecular weight is 178 g/mol. The highest BCUT2D eigenvalue weighted by Crippen LogP contribution is 2.24. The summed E-state index contributed by atoms with van der Waals surface area (Å²) in [5.74, 6) is 0.383. The third-order valence-corrected chi connectivity index (χ3v) is 2.60. The lowest BCUT2D eigenvalue weighted by Gasteiger charge is -2.15. The lowest BCUT2D eigenvalue weighted by Crippen LogP contribution is -2.10. The predicted molar refractivity (Wildman–Crippen MR) is 55.6 cm³/mol. The van der Waals surface area contributed by atoms with Crippen LogP contribution in [0.5, 0.6) is 0 Å².